The summed E-state index contributed by atoms with van der Waals surface area (Å²) in [5.41, 5.74) is 1.15. The largest absolute Gasteiger partial charge is 0.493 e. The Morgan fingerprint density at radius 3 is 2.23 bits per heavy atom. The maximum atomic E-state index is 10.6. The van der Waals surface area contributed by atoms with Crippen molar-refractivity contribution in [2.24, 2.45) is 0 Å². The molecule has 118 valence electrons. The molecule has 0 spiro atoms. The van der Waals surface area contributed by atoms with Gasteiger partial charge in [0.2, 0.25) is 0 Å². The van der Waals surface area contributed by atoms with E-state index in [-0.39, 0.29) is 0 Å². The van der Waals surface area contributed by atoms with Gasteiger partial charge in [-0.2, -0.15) is 0 Å². The van der Waals surface area contributed by atoms with Gasteiger partial charge in [0.15, 0.2) is 11.5 Å². The first-order chi connectivity index (χ1) is 10.6. The predicted octanol–water partition coefficient (Wildman–Crippen LogP) is 4.28. The summed E-state index contributed by atoms with van der Waals surface area (Å²) >= 11 is 0. The van der Waals surface area contributed by atoms with Gasteiger partial charge in [-0.1, -0.05) is 50.2 Å². The van der Waals surface area contributed by atoms with Crippen molar-refractivity contribution >= 4 is 0 Å². The topological polar surface area (TPSA) is 38.7 Å². The third-order valence-electron chi connectivity index (χ3n) is 4.11. The molecule has 22 heavy (non-hydrogen) atoms. The fourth-order valence-electron chi connectivity index (χ4n) is 2.47. The maximum Gasteiger partial charge on any atom is 0.161 e. The van der Waals surface area contributed by atoms with Crippen LogP contribution in [0.3, 0.4) is 0 Å². The summed E-state index contributed by atoms with van der Waals surface area (Å²) in [4.78, 5) is 0. The number of hydrogen-bond donors (Lipinski definition) is 1. The van der Waals surface area contributed by atoms with Crippen LogP contribution < -0.4 is 9.47 Å². The van der Waals surface area contributed by atoms with Crippen molar-refractivity contribution in [1.82, 2.24) is 0 Å². The van der Waals surface area contributed by atoms with Gasteiger partial charge in [0.05, 0.1) is 12.7 Å². The Balaban J connectivity index is 2.19. The second-order valence-electron chi connectivity index (χ2n) is 5.38. The van der Waals surface area contributed by atoms with Gasteiger partial charge in [0.25, 0.3) is 0 Å². The summed E-state index contributed by atoms with van der Waals surface area (Å²) in [5.74, 6) is 1.33. The Hall–Kier alpha value is -2.00. The van der Waals surface area contributed by atoms with Crippen LogP contribution in [0.5, 0.6) is 11.5 Å². The number of ether oxygens (including phenoxy) is 2. The molecule has 0 saturated heterocycles. The summed E-state index contributed by atoms with van der Waals surface area (Å²) in [5, 5.41) is 10.6. The Morgan fingerprint density at radius 1 is 0.955 bits per heavy atom. The highest BCUT2D eigenvalue weighted by Crippen LogP contribution is 2.35. The molecular weight excluding hydrogens is 276 g/mol. The third kappa shape index (κ3) is 3.60. The summed E-state index contributed by atoms with van der Waals surface area (Å²) in [7, 11) is 1.62. The van der Waals surface area contributed by atoms with Crippen molar-refractivity contribution in [2.75, 3.05) is 7.11 Å². The van der Waals surface area contributed by atoms with Crippen molar-refractivity contribution < 1.29 is 14.6 Å². The van der Waals surface area contributed by atoms with E-state index in [9.17, 15) is 5.11 Å². The molecule has 3 nitrogen and oxygen atoms in total. The highest BCUT2D eigenvalue weighted by Gasteiger charge is 2.26. The van der Waals surface area contributed by atoms with E-state index in [0.29, 0.717) is 30.9 Å². The van der Waals surface area contributed by atoms with Gasteiger partial charge in [0, 0.05) is 0 Å². The number of aliphatic hydroxyl groups is 1. The zero-order valence-electron chi connectivity index (χ0n) is 13.5. The molecule has 0 atom stereocenters. The van der Waals surface area contributed by atoms with Crippen LogP contribution >= 0.6 is 0 Å². The van der Waals surface area contributed by atoms with Gasteiger partial charge < -0.3 is 14.6 Å². The standard InChI is InChI=1S/C19H24O3/c1-4-19(20,5-2)16-11-12-17(18(13-16)21-3)22-14-15-9-7-6-8-10-15/h6-13,20H,4-5,14H2,1-3H3. The van der Waals surface area contributed by atoms with Crippen LogP contribution in [0.1, 0.15) is 37.8 Å². The Kier molecular flexibility index (Phi) is 5.45. The van der Waals surface area contributed by atoms with E-state index in [1.807, 2.05) is 62.4 Å². The van der Waals surface area contributed by atoms with Gasteiger partial charge in [-0.25, -0.2) is 0 Å². The number of benzene rings is 2. The lowest BCUT2D eigenvalue weighted by Crippen LogP contribution is -2.23. The molecule has 0 aliphatic heterocycles. The Bertz CT molecular complexity index is 589. The van der Waals surface area contributed by atoms with Gasteiger partial charge in [-0.05, 0) is 36.1 Å². The van der Waals surface area contributed by atoms with Crippen molar-refractivity contribution in [3.8, 4) is 11.5 Å². The zero-order chi connectivity index (χ0) is 16.0. The highest BCUT2D eigenvalue weighted by molar-refractivity contribution is 5.44. The van der Waals surface area contributed by atoms with Crippen LogP contribution in [-0.4, -0.2) is 12.2 Å². The van der Waals surface area contributed by atoms with Crippen molar-refractivity contribution in [3.63, 3.8) is 0 Å². The highest BCUT2D eigenvalue weighted by atomic mass is 16.5. The molecule has 1 N–H and O–H groups in total. The molecule has 0 aromatic heterocycles. The molecule has 0 unspecified atom stereocenters. The Morgan fingerprint density at radius 2 is 1.64 bits per heavy atom. The summed E-state index contributed by atoms with van der Waals surface area (Å²) < 4.78 is 11.3. The molecular formula is C19H24O3. The number of methoxy groups -OCH3 is 1. The predicted molar refractivity (Wildman–Crippen MR) is 88.2 cm³/mol. The van der Waals surface area contributed by atoms with E-state index in [0.717, 1.165) is 11.1 Å². The third-order valence-corrected chi connectivity index (χ3v) is 4.11. The molecule has 0 aliphatic rings. The lowest BCUT2D eigenvalue weighted by Gasteiger charge is -2.26. The summed E-state index contributed by atoms with van der Waals surface area (Å²) in [6, 6.07) is 15.6. The van der Waals surface area contributed by atoms with Crippen LogP contribution in [0.15, 0.2) is 48.5 Å². The van der Waals surface area contributed by atoms with Crippen molar-refractivity contribution in [1.29, 1.82) is 0 Å². The fourth-order valence-corrected chi connectivity index (χ4v) is 2.47. The molecule has 0 amide bonds. The van der Waals surface area contributed by atoms with E-state index in [1.165, 1.54) is 0 Å². The smallest absolute Gasteiger partial charge is 0.161 e. The van der Waals surface area contributed by atoms with E-state index in [4.69, 9.17) is 9.47 Å². The van der Waals surface area contributed by atoms with E-state index >= 15 is 0 Å². The monoisotopic (exact) mass is 300 g/mol. The molecule has 2 aromatic carbocycles. The van der Waals surface area contributed by atoms with Crippen LogP contribution in [0.25, 0.3) is 0 Å². The van der Waals surface area contributed by atoms with Gasteiger partial charge >= 0.3 is 0 Å². The maximum absolute atomic E-state index is 10.6. The van der Waals surface area contributed by atoms with Crippen molar-refractivity contribution in [3.05, 3.63) is 59.7 Å². The first-order valence-corrected chi connectivity index (χ1v) is 7.70. The molecule has 0 saturated carbocycles. The van der Waals surface area contributed by atoms with Crippen LogP contribution in [0, 0.1) is 0 Å². The molecule has 0 heterocycles. The average Bonchev–Trinajstić information content (AvgIpc) is 2.60. The Labute approximate surface area is 132 Å². The second kappa shape index (κ2) is 7.32. The summed E-state index contributed by atoms with van der Waals surface area (Å²) in [6.45, 7) is 4.45. The molecule has 0 bridgehead atoms. The van der Waals surface area contributed by atoms with Crippen molar-refractivity contribution in [2.45, 2.75) is 38.9 Å². The molecule has 2 rings (SSSR count). The van der Waals surface area contributed by atoms with Crippen LogP contribution in [0.2, 0.25) is 0 Å². The lowest BCUT2D eigenvalue weighted by molar-refractivity contribution is 0.0281. The molecule has 0 radical (unpaired) electrons. The van der Waals surface area contributed by atoms with Gasteiger partial charge in [0.1, 0.15) is 6.61 Å². The SMILES string of the molecule is CCC(O)(CC)c1ccc(OCc2ccccc2)c(OC)c1. The minimum Gasteiger partial charge on any atom is -0.493 e. The quantitative estimate of drug-likeness (QED) is 0.829. The lowest BCUT2D eigenvalue weighted by atomic mass is 9.88. The second-order valence-corrected chi connectivity index (χ2v) is 5.38. The van der Waals surface area contributed by atoms with Crippen LogP contribution in [-0.2, 0) is 12.2 Å². The van der Waals surface area contributed by atoms with E-state index in [2.05, 4.69) is 0 Å². The van der Waals surface area contributed by atoms with Gasteiger partial charge in [-0.3, -0.25) is 0 Å². The molecule has 2 aromatic rings. The molecule has 0 aliphatic carbocycles. The minimum atomic E-state index is -0.814. The average molecular weight is 300 g/mol. The first-order valence-electron chi connectivity index (χ1n) is 7.70. The number of rotatable bonds is 7. The van der Waals surface area contributed by atoms with E-state index in [1.54, 1.807) is 7.11 Å². The number of hydrogen-bond acceptors (Lipinski definition) is 3. The van der Waals surface area contributed by atoms with Gasteiger partial charge in [-0.15, -0.1) is 0 Å². The first kappa shape index (κ1) is 16.4. The minimum absolute atomic E-state index is 0.488. The molecule has 3 heteroatoms. The fraction of sp³-hybridized carbons (Fsp3) is 0.368. The summed E-state index contributed by atoms with van der Waals surface area (Å²) in [6.07, 6.45) is 1.33. The van der Waals surface area contributed by atoms with E-state index < -0.39 is 5.60 Å². The van der Waals surface area contributed by atoms with Crippen LogP contribution in [0.4, 0.5) is 0 Å². The normalized spacial score (nSPS) is 11.3. The molecule has 0 fully saturated rings. The zero-order valence-corrected chi connectivity index (χ0v) is 13.5.